The zero-order chi connectivity index (χ0) is 21.7. The van der Waals surface area contributed by atoms with E-state index in [2.05, 4.69) is 15.5 Å². The van der Waals surface area contributed by atoms with Gasteiger partial charge in [-0.15, -0.1) is 0 Å². The van der Waals surface area contributed by atoms with Crippen molar-refractivity contribution in [3.8, 4) is 17.1 Å². The Morgan fingerprint density at radius 1 is 1.33 bits per heavy atom. The molecule has 0 radical (unpaired) electrons. The number of benzene rings is 1. The molecule has 2 aromatic rings. The average Bonchev–Trinajstić information content (AvgIpc) is 3.22. The molecule has 8 nitrogen and oxygen atoms in total. The van der Waals surface area contributed by atoms with Gasteiger partial charge in [-0.3, -0.25) is 4.79 Å². The summed E-state index contributed by atoms with van der Waals surface area (Å²) >= 11 is 0. The number of carbonyl (C=O) groups excluding carboxylic acids is 1. The van der Waals surface area contributed by atoms with Crippen LogP contribution in [0.5, 0.6) is 5.75 Å². The van der Waals surface area contributed by atoms with Gasteiger partial charge in [-0.2, -0.15) is 18.2 Å². The first-order valence-corrected chi connectivity index (χ1v) is 9.50. The predicted octanol–water partition coefficient (Wildman–Crippen LogP) is 2.39. The van der Waals surface area contributed by atoms with Gasteiger partial charge in [0, 0.05) is 24.6 Å². The Morgan fingerprint density at radius 3 is 2.57 bits per heavy atom. The Bertz CT molecular complexity index is 833. The lowest BCUT2D eigenvalue weighted by molar-refractivity contribution is -0.145. The quantitative estimate of drug-likeness (QED) is 0.698. The van der Waals surface area contributed by atoms with Crippen LogP contribution in [0.3, 0.4) is 0 Å². The molecule has 1 aromatic carbocycles. The molecular weight excluding hydrogens is 405 g/mol. The number of methoxy groups -OCH3 is 1. The van der Waals surface area contributed by atoms with Gasteiger partial charge in [-0.25, -0.2) is 0 Å². The molecule has 1 fully saturated rings. The first-order chi connectivity index (χ1) is 14.3. The van der Waals surface area contributed by atoms with Gasteiger partial charge in [-0.1, -0.05) is 5.16 Å². The van der Waals surface area contributed by atoms with E-state index in [0.29, 0.717) is 43.5 Å². The third-order valence-corrected chi connectivity index (χ3v) is 4.94. The summed E-state index contributed by atoms with van der Waals surface area (Å²) in [6.45, 7) is 0.136. The first kappa shape index (κ1) is 21.9. The summed E-state index contributed by atoms with van der Waals surface area (Å²) in [5.74, 6) is 0.210. The van der Waals surface area contributed by atoms with Crippen molar-refractivity contribution < 1.29 is 32.3 Å². The topological polar surface area (TPSA) is 101 Å². The number of anilines is 1. The Kier molecular flexibility index (Phi) is 6.80. The van der Waals surface area contributed by atoms with Gasteiger partial charge in [0.15, 0.2) is 0 Å². The van der Waals surface area contributed by atoms with Crippen LogP contribution in [0.4, 0.5) is 19.2 Å². The second-order valence-corrected chi connectivity index (χ2v) is 7.10. The minimum atomic E-state index is -4.45. The van der Waals surface area contributed by atoms with Crippen LogP contribution in [0.2, 0.25) is 0 Å². The van der Waals surface area contributed by atoms with Crippen molar-refractivity contribution >= 4 is 11.9 Å². The van der Waals surface area contributed by atoms with E-state index >= 15 is 0 Å². The summed E-state index contributed by atoms with van der Waals surface area (Å²) in [6, 6.07) is 6.18. The first-order valence-electron chi connectivity index (χ1n) is 9.50. The van der Waals surface area contributed by atoms with Crippen molar-refractivity contribution in [2.45, 2.75) is 31.5 Å². The van der Waals surface area contributed by atoms with Crippen LogP contribution >= 0.6 is 0 Å². The number of aliphatic hydroxyl groups excluding tert-OH is 1. The second-order valence-electron chi connectivity index (χ2n) is 7.10. The van der Waals surface area contributed by atoms with Crippen molar-refractivity contribution in [2.24, 2.45) is 5.92 Å². The lowest BCUT2D eigenvalue weighted by Crippen LogP contribution is -2.46. The summed E-state index contributed by atoms with van der Waals surface area (Å²) < 4.78 is 47.9. The number of halogens is 3. The molecule has 0 spiro atoms. The van der Waals surface area contributed by atoms with Gasteiger partial charge in [0.25, 0.3) is 0 Å². The molecule has 164 valence electrons. The molecule has 0 saturated carbocycles. The number of aliphatic hydroxyl groups is 1. The molecule has 1 aromatic heterocycles. The van der Waals surface area contributed by atoms with Crippen LogP contribution < -0.4 is 15.0 Å². The fourth-order valence-electron chi connectivity index (χ4n) is 3.29. The van der Waals surface area contributed by atoms with Gasteiger partial charge in [0.05, 0.1) is 26.2 Å². The van der Waals surface area contributed by atoms with E-state index in [1.54, 1.807) is 19.2 Å². The number of nitrogens with zero attached hydrogens (tertiary/aromatic N) is 3. The number of carbonyl (C=O) groups is 1. The Morgan fingerprint density at radius 2 is 2.00 bits per heavy atom. The number of ether oxygens (including phenoxy) is 1. The number of rotatable bonds is 7. The summed E-state index contributed by atoms with van der Waals surface area (Å²) in [5.41, 5.74) is 0.764. The highest BCUT2D eigenvalue weighted by atomic mass is 19.4. The van der Waals surface area contributed by atoms with Crippen LogP contribution in [-0.4, -0.2) is 60.2 Å². The fraction of sp³-hybridized carbons (Fsp3) is 0.526. The summed E-state index contributed by atoms with van der Waals surface area (Å²) in [5, 5.41) is 15.4. The third-order valence-electron chi connectivity index (χ3n) is 4.94. The van der Waals surface area contributed by atoms with Gasteiger partial charge < -0.3 is 24.6 Å². The van der Waals surface area contributed by atoms with Crippen molar-refractivity contribution in [1.82, 2.24) is 15.5 Å². The number of amides is 1. The fourth-order valence-corrected chi connectivity index (χ4v) is 3.29. The SMILES string of the molecule is COc1ccc(-c2noc(N3CCC(C(=O)NC(CO)CC(F)(F)F)CC3)n2)cc1. The van der Waals surface area contributed by atoms with E-state index in [4.69, 9.17) is 14.4 Å². The van der Waals surface area contributed by atoms with Crippen LogP contribution in [0.1, 0.15) is 19.3 Å². The van der Waals surface area contributed by atoms with Crippen molar-refractivity contribution in [3.63, 3.8) is 0 Å². The standard InChI is InChI=1S/C19H23F3N4O4/c1-29-15-4-2-12(3-5-15)16-24-18(30-25-16)26-8-6-13(7-9-26)17(28)23-14(11-27)10-19(20,21)22/h2-5,13-14,27H,6-11H2,1H3,(H,23,28). The molecule has 2 heterocycles. The number of aromatic nitrogens is 2. The zero-order valence-corrected chi connectivity index (χ0v) is 16.4. The maximum absolute atomic E-state index is 12.5. The lowest BCUT2D eigenvalue weighted by atomic mass is 9.95. The Labute approximate surface area is 171 Å². The van der Waals surface area contributed by atoms with Crippen LogP contribution in [0, 0.1) is 5.92 Å². The molecule has 1 saturated heterocycles. The van der Waals surface area contributed by atoms with E-state index < -0.39 is 37.1 Å². The van der Waals surface area contributed by atoms with E-state index in [1.165, 1.54) is 0 Å². The zero-order valence-electron chi connectivity index (χ0n) is 16.4. The summed E-state index contributed by atoms with van der Waals surface area (Å²) in [4.78, 5) is 18.5. The molecule has 1 atom stereocenters. The van der Waals surface area contributed by atoms with Gasteiger partial charge in [0.2, 0.25) is 11.7 Å². The van der Waals surface area contributed by atoms with E-state index in [-0.39, 0.29) is 0 Å². The van der Waals surface area contributed by atoms with Crippen molar-refractivity contribution in [1.29, 1.82) is 0 Å². The molecular formula is C19H23F3N4O4. The van der Waals surface area contributed by atoms with Gasteiger partial charge in [0.1, 0.15) is 5.75 Å². The molecule has 1 unspecified atom stereocenters. The molecule has 1 amide bonds. The molecule has 2 N–H and O–H groups in total. The number of hydrogen-bond acceptors (Lipinski definition) is 7. The maximum Gasteiger partial charge on any atom is 0.391 e. The molecule has 3 rings (SSSR count). The minimum Gasteiger partial charge on any atom is -0.497 e. The van der Waals surface area contributed by atoms with E-state index in [0.717, 1.165) is 5.56 Å². The Hall–Kier alpha value is -2.82. The Balaban J connectivity index is 1.54. The molecule has 1 aliphatic rings. The minimum absolute atomic E-state index is 0.324. The lowest BCUT2D eigenvalue weighted by Gasteiger charge is -2.30. The highest BCUT2D eigenvalue weighted by Gasteiger charge is 2.34. The molecule has 0 aliphatic carbocycles. The highest BCUT2D eigenvalue weighted by Crippen LogP contribution is 2.26. The maximum atomic E-state index is 12.5. The average molecular weight is 428 g/mol. The molecule has 0 bridgehead atoms. The predicted molar refractivity (Wildman–Crippen MR) is 101 cm³/mol. The number of alkyl halides is 3. The molecule has 11 heteroatoms. The number of piperidine rings is 1. The van der Waals surface area contributed by atoms with Crippen LogP contribution in [-0.2, 0) is 4.79 Å². The molecule has 1 aliphatic heterocycles. The van der Waals surface area contributed by atoms with Gasteiger partial charge in [-0.05, 0) is 37.1 Å². The largest absolute Gasteiger partial charge is 0.497 e. The smallest absolute Gasteiger partial charge is 0.391 e. The number of hydrogen-bond donors (Lipinski definition) is 2. The monoisotopic (exact) mass is 428 g/mol. The second kappa shape index (κ2) is 9.33. The van der Waals surface area contributed by atoms with Crippen LogP contribution in [0.25, 0.3) is 11.4 Å². The highest BCUT2D eigenvalue weighted by molar-refractivity contribution is 5.79. The summed E-state index contributed by atoms with van der Waals surface area (Å²) in [6.07, 6.45) is -4.86. The van der Waals surface area contributed by atoms with Crippen LogP contribution in [0.15, 0.2) is 28.8 Å². The van der Waals surface area contributed by atoms with Crippen molar-refractivity contribution in [2.75, 3.05) is 31.7 Å². The summed E-state index contributed by atoms with van der Waals surface area (Å²) in [7, 11) is 1.58. The normalized spacial score (nSPS) is 16.4. The number of nitrogens with one attached hydrogen (secondary N) is 1. The van der Waals surface area contributed by atoms with Gasteiger partial charge >= 0.3 is 12.2 Å². The van der Waals surface area contributed by atoms with Crippen molar-refractivity contribution in [3.05, 3.63) is 24.3 Å². The third kappa shape index (κ3) is 5.62. The van der Waals surface area contributed by atoms with E-state index in [9.17, 15) is 18.0 Å². The molecule has 30 heavy (non-hydrogen) atoms. The van der Waals surface area contributed by atoms with E-state index in [1.807, 2.05) is 17.0 Å².